The van der Waals surface area contributed by atoms with Gasteiger partial charge in [0.1, 0.15) is 11.5 Å². The van der Waals surface area contributed by atoms with E-state index in [1.165, 1.54) is 70.6 Å². The zero-order valence-electron chi connectivity index (χ0n) is 23.0. The third-order valence-corrected chi connectivity index (χ3v) is 7.30. The molecule has 1 aromatic heterocycles. The summed E-state index contributed by atoms with van der Waals surface area (Å²) in [6.45, 7) is 3.68. The Morgan fingerprint density at radius 2 is 1.39 bits per heavy atom. The fourth-order valence-corrected chi connectivity index (χ4v) is 5.03. The zero-order valence-corrected chi connectivity index (χ0v) is 23.9. The van der Waals surface area contributed by atoms with E-state index < -0.39 is 0 Å². The Labute approximate surface area is 233 Å². The topological polar surface area (TPSA) is 51.4 Å². The molecular weight excluding hydrogens is 492 g/mol. The fourth-order valence-electron chi connectivity index (χ4n) is 4.43. The molecule has 0 fully saturated rings. The predicted octanol–water partition coefficient (Wildman–Crippen LogP) is 8.18. The first-order chi connectivity index (χ1) is 18.7. The molecule has 3 rings (SSSR count). The molecular formula is C32H45N2O3S+. The summed E-state index contributed by atoms with van der Waals surface area (Å²) in [6, 6.07) is 15.4. The Balaban J connectivity index is 1.24. The number of thiazole rings is 1. The second-order valence-corrected chi connectivity index (χ2v) is 10.7. The Morgan fingerprint density at radius 1 is 0.789 bits per heavy atom. The number of carbonyl (C=O) groups excluding carboxylic acids is 1. The minimum atomic E-state index is -0.180. The molecule has 2 aromatic carbocycles. The number of ether oxygens (including phenoxy) is 2. The number of hydrogen-bond donors (Lipinski definition) is 1. The highest BCUT2D eigenvalue weighted by Gasteiger charge is 2.11. The molecule has 0 spiro atoms. The smallest absolute Gasteiger partial charge is 0.262 e. The molecule has 1 heterocycles. The largest absolute Gasteiger partial charge is 0.494 e. The Kier molecular flexibility index (Phi) is 14.4. The van der Waals surface area contributed by atoms with Crippen molar-refractivity contribution >= 4 is 22.9 Å². The van der Waals surface area contributed by atoms with E-state index in [2.05, 4.69) is 16.8 Å². The maximum atomic E-state index is 12.5. The SMILES string of the molecule is CCCCCCCCCCCCCCOc1ccc(OCC(=O)Nc2ccccc2C[n+]2ccsc2)cc1. The number of benzene rings is 2. The van der Waals surface area contributed by atoms with Crippen LogP contribution in [-0.4, -0.2) is 19.1 Å². The highest BCUT2D eigenvalue weighted by molar-refractivity contribution is 7.07. The molecule has 0 saturated carbocycles. The molecule has 0 aliphatic heterocycles. The quantitative estimate of drug-likeness (QED) is 0.117. The van der Waals surface area contributed by atoms with Crippen LogP contribution in [0.2, 0.25) is 0 Å². The predicted molar refractivity (Wildman–Crippen MR) is 157 cm³/mol. The third-order valence-electron chi connectivity index (χ3n) is 6.63. The summed E-state index contributed by atoms with van der Waals surface area (Å²) in [5.41, 5.74) is 3.91. The summed E-state index contributed by atoms with van der Waals surface area (Å²) in [7, 11) is 0. The molecule has 1 amide bonds. The van der Waals surface area contributed by atoms with E-state index in [1.807, 2.05) is 65.6 Å². The van der Waals surface area contributed by atoms with Gasteiger partial charge in [0, 0.05) is 5.56 Å². The summed E-state index contributed by atoms with van der Waals surface area (Å²) in [5.74, 6) is 1.31. The zero-order chi connectivity index (χ0) is 26.7. The number of aromatic nitrogens is 1. The van der Waals surface area contributed by atoms with Crippen molar-refractivity contribution in [2.45, 2.75) is 90.5 Å². The molecule has 0 aliphatic rings. The van der Waals surface area contributed by atoms with Crippen LogP contribution in [0.25, 0.3) is 0 Å². The maximum absolute atomic E-state index is 12.5. The van der Waals surface area contributed by atoms with Crippen LogP contribution in [0.5, 0.6) is 11.5 Å². The van der Waals surface area contributed by atoms with Crippen LogP contribution in [0.3, 0.4) is 0 Å². The number of amides is 1. The van der Waals surface area contributed by atoms with Crippen LogP contribution in [0.4, 0.5) is 5.69 Å². The van der Waals surface area contributed by atoms with Crippen LogP contribution in [0.1, 0.15) is 89.5 Å². The first kappa shape index (κ1) is 29.7. The lowest BCUT2D eigenvalue weighted by Gasteiger charge is -2.11. The van der Waals surface area contributed by atoms with Gasteiger partial charge >= 0.3 is 0 Å². The van der Waals surface area contributed by atoms with Crippen molar-refractivity contribution in [1.82, 2.24) is 0 Å². The van der Waals surface area contributed by atoms with E-state index in [0.717, 1.165) is 30.0 Å². The van der Waals surface area contributed by atoms with Gasteiger partial charge in [-0.2, -0.15) is 4.57 Å². The van der Waals surface area contributed by atoms with Gasteiger partial charge in [-0.15, -0.1) is 0 Å². The first-order valence-electron chi connectivity index (χ1n) is 14.4. The van der Waals surface area contributed by atoms with E-state index >= 15 is 0 Å². The van der Waals surface area contributed by atoms with E-state index in [9.17, 15) is 4.79 Å². The summed E-state index contributed by atoms with van der Waals surface area (Å²) < 4.78 is 13.7. The summed E-state index contributed by atoms with van der Waals surface area (Å²) in [5, 5.41) is 5.01. The highest BCUT2D eigenvalue weighted by atomic mass is 32.1. The average Bonchev–Trinajstić information content (AvgIpc) is 3.45. The minimum Gasteiger partial charge on any atom is -0.494 e. The van der Waals surface area contributed by atoms with Gasteiger partial charge in [0.2, 0.25) is 5.51 Å². The summed E-state index contributed by atoms with van der Waals surface area (Å²) >= 11 is 1.64. The van der Waals surface area contributed by atoms with E-state index in [-0.39, 0.29) is 12.5 Å². The molecule has 0 unspecified atom stereocenters. The number of para-hydroxylation sites is 1. The van der Waals surface area contributed by atoms with Crippen molar-refractivity contribution < 1.29 is 18.8 Å². The molecule has 0 bridgehead atoms. The summed E-state index contributed by atoms with van der Waals surface area (Å²) in [6.07, 6.45) is 18.1. The summed E-state index contributed by atoms with van der Waals surface area (Å²) in [4.78, 5) is 12.5. The Bertz CT molecular complexity index is 1020. The van der Waals surface area contributed by atoms with Gasteiger partial charge < -0.3 is 14.8 Å². The number of hydrogen-bond acceptors (Lipinski definition) is 4. The minimum absolute atomic E-state index is 0.0427. The normalized spacial score (nSPS) is 10.9. The number of rotatable bonds is 20. The van der Waals surface area contributed by atoms with Crippen LogP contribution in [0.15, 0.2) is 65.6 Å². The molecule has 38 heavy (non-hydrogen) atoms. The van der Waals surface area contributed by atoms with E-state index in [1.54, 1.807) is 11.3 Å². The van der Waals surface area contributed by atoms with Gasteiger partial charge in [-0.25, -0.2) is 0 Å². The first-order valence-corrected chi connectivity index (χ1v) is 15.3. The maximum Gasteiger partial charge on any atom is 0.262 e. The van der Waals surface area contributed by atoms with Crippen molar-refractivity contribution in [3.05, 3.63) is 71.2 Å². The number of unbranched alkanes of at least 4 members (excludes halogenated alkanes) is 11. The van der Waals surface area contributed by atoms with E-state index in [4.69, 9.17) is 9.47 Å². The molecule has 3 aromatic rings. The lowest BCUT2D eigenvalue weighted by molar-refractivity contribution is -0.683. The van der Waals surface area contributed by atoms with Gasteiger partial charge in [-0.05, 0) is 36.8 Å². The number of nitrogens with one attached hydrogen (secondary N) is 1. The number of anilines is 1. The van der Waals surface area contributed by atoms with E-state index in [0.29, 0.717) is 12.3 Å². The van der Waals surface area contributed by atoms with Gasteiger partial charge in [0.05, 0.1) is 17.7 Å². The molecule has 0 radical (unpaired) electrons. The van der Waals surface area contributed by atoms with Gasteiger partial charge in [0.25, 0.3) is 5.91 Å². The molecule has 0 saturated heterocycles. The molecule has 1 N–H and O–H groups in total. The van der Waals surface area contributed by atoms with Crippen LogP contribution >= 0.6 is 11.3 Å². The number of carbonyl (C=O) groups is 1. The fraction of sp³-hybridized carbons (Fsp3) is 0.500. The standard InChI is InChI=1S/C32H44N2O3S/c1-2-3-4-5-6-7-8-9-10-11-12-15-23-36-29-18-20-30(21-19-29)37-26-32(35)33-31-17-14-13-16-28(31)25-34-22-24-38-27-34/h13-14,16-22,24,27H,2-12,15,23,25-26H2,1H3/p+1. The second kappa shape index (κ2) is 18.4. The molecule has 0 atom stereocenters. The molecule has 0 aliphatic carbocycles. The van der Waals surface area contributed by atoms with Gasteiger partial charge in [0.15, 0.2) is 19.3 Å². The second-order valence-electron chi connectivity index (χ2n) is 9.90. The van der Waals surface area contributed by atoms with Crippen molar-refractivity contribution in [2.75, 3.05) is 18.5 Å². The van der Waals surface area contributed by atoms with Crippen molar-refractivity contribution in [3.63, 3.8) is 0 Å². The Hall–Kier alpha value is -2.86. The molecule has 206 valence electrons. The Morgan fingerprint density at radius 3 is 2.03 bits per heavy atom. The van der Waals surface area contributed by atoms with Gasteiger partial charge in [-0.3, -0.25) is 4.79 Å². The lowest BCUT2D eigenvalue weighted by atomic mass is 10.1. The van der Waals surface area contributed by atoms with Crippen LogP contribution in [0, 0.1) is 0 Å². The van der Waals surface area contributed by atoms with Crippen molar-refractivity contribution in [2.24, 2.45) is 0 Å². The monoisotopic (exact) mass is 537 g/mol. The lowest BCUT2D eigenvalue weighted by Crippen LogP contribution is -2.31. The van der Waals surface area contributed by atoms with Crippen molar-refractivity contribution in [1.29, 1.82) is 0 Å². The van der Waals surface area contributed by atoms with Crippen molar-refractivity contribution in [3.8, 4) is 11.5 Å². The third kappa shape index (κ3) is 12.1. The highest BCUT2D eigenvalue weighted by Crippen LogP contribution is 2.19. The van der Waals surface area contributed by atoms with Crippen LogP contribution in [-0.2, 0) is 11.3 Å². The molecule has 6 heteroatoms. The average molecular weight is 538 g/mol. The van der Waals surface area contributed by atoms with Gasteiger partial charge in [-0.1, -0.05) is 107 Å². The number of nitrogens with zero attached hydrogens (tertiary/aromatic N) is 1. The van der Waals surface area contributed by atoms with Crippen LogP contribution < -0.4 is 19.4 Å². The molecule has 5 nitrogen and oxygen atoms in total.